The van der Waals surface area contributed by atoms with Crippen LogP contribution >= 0.6 is 0 Å². The molecule has 0 aromatic heterocycles. The van der Waals surface area contributed by atoms with Crippen LogP contribution in [0, 0.1) is 0 Å². The van der Waals surface area contributed by atoms with Gasteiger partial charge in [-0.05, 0) is 12.0 Å². The highest BCUT2D eigenvalue weighted by molar-refractivity contribution is 7.84. The van der Waals surface area contributed by atoms with Crippen LogP contribution in [0.25, 0.3) is 0 Å². The number of hydrogen-bond donors (Lipinski definition) is 2. The molecule has 2 rings (SSSR count). The Morgan fingerprint density at radius 2 is 2.08 bits per heavy atom. The van der Waals surface area contributed by atoms with E-state index < -0.39 is 23.5 Å². The van der Waals surface area contributed by atoms with Gasteiger partial charge in [0.15, 0.2) is 5.96 Å². The second kappa shape index (κ2) is 9.91. The predicted octanol–water partition coefficient (Wildman–Crippen LogP) is 1.74. The highest BCUT2D eigenvalue weighted by atomic mass is 32.2. The number of hydrogen-bond acceptors (Lipinski definition) is 3. The first-order valence-corrected chi connectivity index (χ1v) is 10.00. The van der Waals surface area contributed by atoms with E-state index in [9.17, 15) is 17.4 Å². The molecule has 1 aliphatic rings. The van der Waals surface area contributed by atoms with E-state index in [1.807, 2.05) is 30.3 Å². The third-order valence-corrected chi connectivity index (χ3v) is 5.35. The minimum atomic E-state index is -4.17. The van der Waals surface area contributed by atoms with Gasteiger partial charge in [0, 0.05) is 55.0 Å². The summed E-state index contributed by atoms with van der Waals surface area (Å²) in [7, 11) is 0.621. The van der Waals surface area contributed by atoms with Gasteiger partial charge < -0.3 is 10.6 Å². The predicted molar refractivity (Wildman–Crippen MR) is 98.6 cm³/mol. The summed E-state index contributed by atoms with van der Waals surface area (Å²) in [6.07, 6.45) is -3.53. The molecule has 0 aliphatic carbocycles. The van der Waals surface area contributed by atoms with E-state index in [0.717, 1.165) is 5.56 Å². The van der Waals surface area contributed by atoms with Crippen LogP contribution in [-0.2, 0) is 16.6 Å². The zero-order valence-corrected chi connectivity index (χ0v) is 15.6. The second-order valence-electron chi connectivity index (χ2n) is 6.25. The summed E-state index contributed by atoms with van der Waals surface area (Å²) in [6.45, 7) is 0.350. The van der Waals surface area contributed by atoms with Gasteiger partial charge >= 0.3 is 6.18 Å². The average Bonchev–Trinajstić information content (AvgIpc) is 2.99. The van der Waals surface area contributed by atoms with Crippen molar-refractivity contribution in [3.63, 3.8) is 0 Å². The van der Waals surface area contributed by atoms with Crippen molar-refractivity contribution >= 4 is 16.8 Å². The fraction of sp³-hybridized carbons (Fsp3) is 0.588. The molecule has 26 heavy (non-hydrogen) atoms. The van der Waals surface area contributed by atoms with Gasteiger partial charge in [0.1, 0.15) is 0 Å². The lowest BCUT2D eigenvalue weighted by atomic mass is 10.2. The Hall–Kier alpha value is -1.61. The molecule has 2 atom stereocenters. The van der Waals surface area contributed by atoms with Crippen LogP contribution in [0.3, 0.4) is 0 Å². The lowest BCUT2D eigenvalue weighted by Crippen LogP contribution is -2.46. The Morgan fingerprint density at radius 1 is 1.35 bits per heavy atom. The Bertz CT molecular complexity index is 610. The van der Waals surface area contributed by atoms with Crippen LogP contribution in [-0.4, -0.2) is 66.3 Å². The zero-order valence-electron chi connectivity index (χ0n) is 14.8. The molecule has 2 unspecified atom stereocenters. The highest BCUT2D eigenvalue weighted by Gasteiger charge is 2.34. The van der Waals surface area contributed by atoms with Crippen LogP contribution in [0.2, 0.25) is 0 Å². The van der Waals surface area contributed by atoms with Gasteiger partial charge in [0.25, 0.3) is 0 Å². The van der Waals surface area contributed by atoms with E-state index in [1.165, 1.54) is 4.90 Å². The standard InChI is InChI=1S/C17H25F3N4OS/c1-21-16(23-15-7-9-24(11-15)13-17(18,19)20)22-8-10-26(25)12-14-5-3-2-4-6-14/h2-6,15H,7-13H2,1H3,(H2,21,22,23). The van der Waals surface area contributed by atoms with E-state index in [2.05, 4.69) is 15.6 Å². The first-order chi connectivity index (χ1) is 12.4. The number of alkyl halides is 3. The Balaban J connectivity index is 1.67. The molecule has 0 radical (unpaired) electrons. The Morgan fingerprint density at radius 3 is 2.73 bits per heavy atom. The number of halogens is 3. The summed E-state index contributed by atoms with van der Waals surface area (Å²) in [5.41, 5.74) is 1.03. The average molecular weight is 390 g/mol. The summed E-state index contributed by atoms with van der Waals surface area (Å²) in [6, 6.07) is 9.57. The molecule has 5 nitrogen and oxygen atoms in total. The van der Waals surface area contributed by atoms with Gasteiger partial charge in [-0.1, -0.05) is 30.3 Å². The van der Waals surface area contributed by atoms with E-state index in [0.29, 0.717) is 43.5 Å². The number of rotatable bonds is 7. The number of likely N-dealkylation sites (tertiary alicyclic amines) is 1. The first-order valence-electron chi connectivity index (χ1n) is 8.51. The molecule has 1 aromatic rings. The maximum Gasteiger partial charge on any atom is 0.401 e. The number of nitrogens with one attached hydrogen (secondary N) is 2. The van der Waals surface area contributed by atoms with Gasteiger partial charge in [0.05, 0.1) is 6.54 Å². The van der Waals surface area contributed by atoms with Crippen molar-refractivity contribution in [1.82, 2.24) is 15.5 Å². The maximum atomic E-state index is 12.4. The molecule has 1 heterocycles. The van der Waals surface area contributed by atoms with E-state index in [-0.39, 0.29) is 6.04 Å². The van der Waals surface area contributed by atoms with Crippen LogP contribution in [0.1, 0.15) is 12.0 Å². The molecule has 0 saturated carbocycles. The van der Waals surface area contributed by atoms with E-state index >= 15 is 0 Å². The van der Waals surface area contributed by atoms with Crippen molar-refractivity contribution in [3.05, 3.63) is 35.9 Å². The van der Waals surface area contributed by atoms with Crippen molar-refractivity contribution in [1.29, 1.82) is 0 Å². The summed E-state index contributed by atoms with van der Waals surface area (Å²) in [4.78, 5) is 5.48. The molecule has 1 aliphatic heterocycles. The topological polar surface area (TPSA) is 56.7 Å². The third-order valence-electron chi connectivity index (χ3n) is 4.03. The number of aliphatic imine (C=N–C) groups is 1. The molecule has 1 fully saturated rings. The van der Waals surface area contributed by atoms with Crippen LogP contribution in [0.4, 0.5) is 13.2 Å². The third kappa shape index (κ3) is 7.74. The van der Waals surface area contributed by atoms with Crippen LogP contribution in [0.15, 0.2) is 35.3 Å². The van der Waals surface area contributed by atoms with Crippen LogP contribution in [0.5, 0.6) is 0 Å². The number of guanidine groups is 1. The molecule has 146 valence electrons. The van der Waals surface area contributed by atoms with Crippen molar-refractivity contribution in [3.8, 4) is 0 Å². The molecule has 0 amide bonds. The zero-order chi connectivity index (χ0) is 19.0. The van der Waals surface area contributed by atoms with E-state index in [1.54, 1.807) is 7.05 Å². The van der Waals surface area contributed by atoms with Gasteiger partial charge in [-0.15, -0.1) is 0 Å². The lowest BCUT2D eigenvalue weighted by Gasteiger charge is -2.19. The SMILES string of the molecule is CN=C(NCCS(=O)Cc1ccccc1)NC1CCN(CC(F)(F)F)C1. The van der Waals surface area contributed by atoms with Crippen molar-refractivity contribution in [2.24, 2.45) is 4.99 Å². The molecular weight excluding hydrogens is 365 g/mol. The molecule has 2 N–H and O–H groups in total. The Kier molecular flexibility index (Phi) is 7.89. The van der Waals surface area contributed by atoms with Crippen molar-refractivity contribution in [2.45, 2.75) is 24.4 Å². The smallest absolute Gasteiger partial charge is 0.355 e. The minimum absolute atomic E-state index is 0.0710. The first kappa shape index (κ1) is 20.7. The lowest BCUT2D eigenvalue weighted by molar-refractivity contribution is -0.143. The molecule has 0 bridgehead atoms. The fourth-order valence-corrected chi connectivity index (χ4v) is 3.89. The monoisotopic (exact) mass is 390 g/mol. The molecule has 9 heteroatoms. The molecule has 0 spiro atoms. The second-order valence-corrected chi connectivity index (χ2v) is 7.83. The van der Waals surface area contributed by atoms with Gasteiger partial charge in [-0.3, -0.25) is 14.1 Å². The summed E-state index contributed by atoms with van der Waals surface area (Å²) in [5.74, 6) is 1.50. The van der Waals surface area contributed by atoms with Gasteiger partial charge in [-0.2, -0.15) is 13.2 Å². The Labute approximate surface area is 154 Å². The van der Waals surface area contributed by atoms with Gasteiger partial charge in [0.2, 0.25) is 0 Å². The summed E-state index contributed by atoms with van der Waals surface area (Å²) >= 11 is 0. The summed E-state index contributed by atoms with van der Waals surface area (Å²) < 4.78 is 49.4. The maximum absolute atomic E-state index is 12.4. The number of benzene rings is 1. The molecule has 1 saturated heterocycles. The quantitative estimate of drug-likeness (QED) is 0.550. The normalized spacial score (nSPS) is 20.2. The van der Waals surface area contributed by atoms with Crippen LogP contribution < -0.4 is 10.6 Å². The fourth-order valence-electron chi connectivity index (χ4n) is 2.85. The molecule has 1 aromatic carbocycles. The number of nitrogens with zero attached hydrogens (tertiary/aromatic N) is 2. The van der Waals surface area contributed by atoms with Crippen molar-refractivity contribution in [2.75, 3.05) is 39.0 Å². The van der Waals surface area contributed by atoms with Crippen molar-refractivity contribution < 1.29 is 17.4 Å². The van der Waals surface area contributed by atoms with Gasteiger partial charge in [-0.25, -0.2) is 0 Å². The highest BCUT2D eigenvalue weighted by Crippen LogP contribution is 2.19. The minimum Gasteiger partial charge on any atom is -0.355 e. The summed E-state index contributed by atoms with van der Waals surface area (Å²) in [5, 5.41) is 6.22. The molecular formula is C17H25F3N4OS. The van der Waals surface area contributed by atoms with E-state index in [4.69, 9.17) is 0 Å². The largest absolute Gasteiger partial charge is 0.401 e.